The van der Waals surface area contributed by atoms with Gasteiger partial charge in [-0.25, -0.2) is 9.55 Å². The Morgan fingerprint density at radius 1 is 0.942 bits per heavy atom. The van der Waals surface area contributed by atoms with Gasteiger partial charge in [-0.05, 0) is 37.7 Å². The maximum Gasteiger partial charge on any atom is 0.469 e. The lowest BCUT2D eigenvalue weighted by Crippen LogP contribution is -2.60. The Balaban J connectivity index is 2.17. The highest BCUT2D eigenvalue weighted by atomic mass is 31.2. The number of nitrogens with one attached hydrogen (secondary N) is 5. The Morgan fingerprint density at radius 3 is 2.10 bits per heavy atom. The molecule has 1 aromatic heterocycles. The first kappa shape index (κ1) is 43.5. The number of aromatic nitrogens is 2. The highest BCUT2D eigenvalue weighted by molar-refractivity contribution is 7.46. The van der Waals surface area contributed by atoms with Gasteiger partial charge in [-0.1, -0.05) is 44.2 Å². The van der Waals surface area contributed by atoms with Crippen molar-refractivity contribution in [2.75, 3.05) is 19.7 Å². The van der Waals surface area contributed by atoms with Gasteiger partial charge in [-0.3, -0.25) is 33.3 Å². The molecule has 0 spiro atoms. The van der Waals surface area contributed by atoms with Crippen molar-refractivity contribution in [1.82, 2.24) is 36.1 Å². The Hall–Kier alpha value is -4.68. The quantitative estimate of drug-likeness (QED) is 0.0615. The van der Waals surface area contributed by atoms with Crippen molar-refractivity contribution in [3.8, 4) is 0 Å². The second kappa shape index (κ2) is 21.0. The molecule has 0 fully saturated rings. The number of hydrogen-bond donors (Lipinski definition) is 9. The molecule has 1 heterocycles. The number of rotatable bonds is 22. The summed E-state index contributed by atoms with van der Waals surface area (Å²) in [5.74, 6) is -5.11. The second-order valence-electron chi connectivity index (χ2n) is 12.5. The molecule has 0 saturated heterocycles. The number of H-pyrrole nitrogens is 1. The maximum atomic E-state index is 13.6. The van der Waals surface area contributed by atoms with E-state index in [1.165, 1.54) is 24.3 Å². The fourth-order valence-corrected chi connectivity index (χ4v) is 5.65. The summed E-state index contributed by atoms with van der Waals surface area (Å²) in [6.45, 7) is 5.05. The summed E-state index contributed by atoms with van der Waals surface area (Å²) in [5, 5.41) is 19.5. The van der Waals surface area contributed by atoms with Crippen LogP contribution in [0.2, 0.25) is 0 Å². The van der Waals surface area contributed by atoms with E-state index in [9.17, 15) is 38.4 Å². The number of phosphoric acid groups is 1. The van der Waals surface area contributed by atoms with Gasteiger partial charge in [-0.2, -0.15) is 0 Å². The molecule has 0 unspecified atom stereocenters. The smallest absolute Gasteiger partial charge is 0.394 e. The number of hydrogen-bond acceptors (Lipinski definition) is 10. The van der Waals surface area contributed by atoms with Crippen LogP contribution in [0.15, 0.2) is 42.9 Å². The van der Waals surface area contributed by atoms with Crippen LogP contribution in [0.1, 0.15) is 51.8 Å². The number of carbonyl (C=O) groups excluding carboxylic acids is 6. The molecule has 52 heavy (non-hydrogen) atoms. The molecular weight excluding hydrogens is 703 g/mol. The molecule has 2 aromatic rings. The van der Waals surface area contributed by atoms with Crippen molar-refractivity contribution in [2.24, 2.45) is 11.7 Å². The molecule has 0 aliphatic carbocycles. The Labute approximate surface area is 301 Å². The number of aryl methyl sites for hydroxylation is 1. The summed E-state index contributed by atoms with van der Waals surface area (Å²) in [6, 6.07) is 3.63. The fraction of sp³-hybridized carbons (Fsp3) is 0.531. The van der Waals surface area contributed by atoms with Crippen LogP contribution in [-0.4, -0.2) is 115 Å². The minimum Gasteiger partial charge on any atom is -0.394 e. The average Bonchev–Trinajstić information content (AvgIpc) is 3.57. The van der Waals surface area contributed by atoms with Gasteiger partial charge in [0.05, 0.1) is 31.3 Å². The highest BCUT2D eigenvalue weighted by Gasteiger charge is 2.35. The molecule has 2 rings (SSSR count). The lowest BCUT2D eigenvalue weighted by Gasteiger charge is -2.27. The lowest BCUT2D eigenvalue weighted by molar-refractivity contribution is -0.137. The van der Waals surface area contributed by atoms with Gasteiger partial charge in [0.25, 0.3) is 0 Å². The lowest BCUT2D eigenvalue weighted by atomic mass is 10.0. The molecule has 6 amide bonds. The first-order valence-corrected chi connectivity index (χ1v) is 18.0. The Morgan fingerprint density at radius 2 is 1.56 bits per heavy atom. The number of phosphoric ester groups is 1. The number of nitrogens with zero attached hydrogens (tertiary/aromatic N) is 2. The second-order valence-corrected chi connectivity index (χ2v) is 13.7. The summed E-state index contributed by atoms with van der Waals surface area (Å²) in [5.41, 5.74) is 6.68. The van der Waals surface area contributed by atoms with Gasteiger partial charge >= 0.3 is 7.82 Å². The molecular formula is C32H49N8O11P. The van der Waals surface area contributed by atoms with Crippen LogP contribution in [0.25, 0.3) is 0 Å². The molecule has 0 aliphatic rings. The predicted molar refractivity (Wildman–Crippen MR) is 185 cm³/mol. The van der Waals surface area contributed by atoms with E-state index in [0.717, 1.165) is 12.5 Å². The first-order chi connectivity index (χ1) is 24.4. The summed E-state index contributed by atoms with van der Waals surface area (Å²) in [7, 11) is -5.09. The number of imidazole rings is 1. The minimum absolute atomic E-state index is 0.0953. The third kappa shape index (κ3) is 15.7. The summed E-state index contributed by atoms with van der Waals surface area (Å²) in [6.07, 6.45) is 2.46. The van der Waals surface area contributed by atoms with E-state index in [-0.39, 0.29) is 31.2 Å². The molecule has 10 N–H and O–H groups in total. The third-order valence-corrected chi connectivity index (χ3v) is 8.28. The number of aromatic amines is 1. The van der Waals surface area contributed by atoms with Crippen LogP contribution >= 0.6 is 7.82 Å². The third-order valence-electron chi connectivity index (χ3n) is 7.67. The maximum absolute atomic E-state index is 13.6. The number of primary amides is 1. The topological polar surface area (TPSA) is 295 Å². The van der Waals surface area contributed by atoms with Gasteiger partial charge in [0.1, 0.15) is 24.2 Å². The number of amides is 6. The Bertz CT molecular complexity index is 1540. The predicted octanol–water partition coefficient (Wildman–Crippen LogP) is -1.61. The van der Waals surface area contributed by atoms with Gasteiger partial charge in [-0.15, -0.1) is 0 Å². The van der Waals surface area contributed by atoms with E-state index in [1.54, 1.807) is 0 Å². The van der Waals surface area contributed by atoms with E-state index < -0.39 is 74.2 Å². The molecule has 19 nitrogen and oxygen atoms in total. The number of carbonyl (C=O) groups is 6. The van der Waals surface area contributed by atoms with Crippen LogP contribution in [0.4, 0.5) is 0 Å². The standard InChI is InChI=1S/C32H49N8O11P/c1-19(2)13-24(36-27(43)16-40(21(4)42)12-8-11-22-9-6-5-7-10-22)30(45)37-25(14-23-15-34-18-35-23)31(46)38-26(17-41)32(47)39-28(29(33)44)20(3)51-52(48,49)50/h5-7,9-10,15,18-20,24-26,28,41H,8,11-14,16-17H2,1-4H3,(H2,33,44)(H,34,35)(H,36,43)(H,37,45)(H,38,46)(H,39,47)(H2,48,49,50)/t20-,24+,25+,26+,28+/m1/s1. The van der Waals surface area contributed by atoms with E-state index >= 15 is 0 Å². The first-order valence-electron chi connectivity index (χ1n) is 16.5. The molecule has 1 aromatic carbocycles. The van der Waals surface area contributed by atoms with Crippen molar-refractivity contribution in [2.45, 2.75) is 83.6 Å². The zero-order valence-electron chi connectivity index (χ0n) is 29.5. The van der Waals surface area contributed by atoms with Crippen LogP contribution in [0.3, 0.4) is 0 Å². The monoisotopic (exact) mass is 752 g/mol. The molecule has 0 saturated carbocycles. The SMILES string of the molecule is CC(=O)N(CCCc1ccccc1)CC(=O)N[C@@H](CC(C)C)C(=O)N[C@@H](Cc1c[nH]cn1)C(=O)N[C@@H](CO)C(=O)N[C@H](C(N)=O)[C@@H](C)OP(=O)(O)O. The number of nitrogens with two attached hydrogens (primary N) is 1. The van der Waals surface area contributed by atoms with Crippen molar-refractivity contribution < 1.29 is 52.7 Å². The highest BCUT2D eigenvalue weighted by Crippen LogP contribution is 2.38. The van der Waals surface area contributed by atoms with Gasteiger partial charge < -0.3 is 51.8 Å². The average molecular weight is 753 g/mol. The molecule has 0 aliphatic heterocycles. The molecule has 0 bridgehead atoms. The van der Waals surface area contributed by atoms with Gasteiger partial charge in [0, 0.05) is 26.1 Å². The summed E-state index contributed by atoms with van der Waals surface area (Å²) >= 11 is 0. The van der Waals surface area contributed by atoms with Crippen molar-refractivity contribution >= 4 is 43.3 Å². The molecule has 20 heteroatoms. The number of aliphatic hydroxyl groups is 1. The summed E-state index contributed by atoms with van der Waals surface area (Å²) in [4.78, 5) is 104. The van der Waals surface area contributed by atoms with Gasteiger partial charge in [0.2, 0.25) is 35.4 Å². The van der Waals surface area contributed by atoms with Gasteiger partial charge in [0.15, 0.2) is 0 Å². The van der Waals surface area contributed by atoms with E-state index in [0.29, 0.717) is 25.1 Å². The van der Waals surface area contributed by atoms with Crippen LogP contribution in [0, 0.1) is 5.92 Å². The molecule has 0 radical (unpaired) electrons. The summed E-state index contributed by atoms with van der Waals surface area (Å²) < 4.78 is 15.7. The van der Waals surface area contributed by atoms with Crippen molar-refractivity contribution in [3.63, 3.8) is 0 Å². The van der Waals surface area contributed by atoms with Crippen molar-refractivity contribution in [3.05, 3.63) is 54.1 Å². The fourth-order valence-electron chi connectivity index (χ4n) is 5.09. The largest absolute Gasteiger partial charge is 0.469 e. The normalized spacial score (nSPS) is 14.3. The number of aliphatic hydroxyl groups excluding tert-OH is 1. The van der Waals surface area contributed by atoms with Crippen LogP contribution in [0.5, 0.6) is 0 Å². The van der Waals surface area contributed by atoms with E-state index in [2.05, 4.69) is 35.8 Å². The molecule has 5 atom stereocenters. The Kier molecular flexibility index (Phi) is 17.6. The van der Waals surface area contributed by atoms with E-state index in [4.69, 9.17) is 15.5 Å². The zero-order valence-corrected chi connectivity index (χ0v) is 30.4. The van der Waals surface area contributed by atoms with Crippen LogP contribution in [-0.2, 0) is 50.7 Å². The number of benzene rings is 1. The van der Waals surface area contributed by atoms with Crippen molar-refractivity contribution in [1.29, 1.82) is 0 Å². The minimum atomic E-state index is -5.09. The zero-order chi connectivity index (χ0) is 39.0. The van der Waals surface area contributed by atoms with Crippen LogP contribution < -0.4 is 27.0 Å². The molecule has 288 valence electrons. The van der Waals surface area contributed by atoms with E-state index in [1.807, 2.05) is 44.2 Å².